The molecule has 0 aromatic heterocycles. The lowest BCUT2D eigenvalue weighted by atomic mass is 10.0. The molecule has 0 unspecified atom stereocenters. The number of piperazine rings is 1. The van der Waals surface area contributed by atoms with Gasteiger partial charge in [0.1, 0.15) is 5.75 Å². The van der Waals surface area contributed by atoms with E-state index in [1.807, 2.05) is 55.1 Å². The Labute approximate surface area is 221 Å². The summed E-state index contributed by atoms with van der Waals surface area (Å²) < 4.78 is 5.56. The Kier molecular flexibility index (Phi) is 9.31. The minimum absolute atomic E-state index is 0.00853. The van der Waals surface area contributed by atoms with Gasteiger partial charge in [-0.15, -0.1) is 0 Å². The van der Waals surface area contributed by atoms with Gasteiger partial charge in [-0.2, -0.15) is 0 Å². The molecule has 2 amide bonds. The zero-order chi connectivity index (χ0) is 26.2. The van der Waals surface area contributed by atoms with Crippen LogP contribution < -0.4 is 19.9 Å². The molecule has 1 N–H and O–H groups in total. The Hall–Kier alpha value is -3.22. The average Bonchev–Trinajstić information content (AvgIpc) is 3.46. The van der Waals surface area contributed by atoms with Crippen LogP contribution in [0.1, 0.15) is 62.7 Å². The number of nitrogens with one attached hydrogen (secondary N) is 1. The van der Waals surface area contributed by atoms with E-state index in [0.29, 0.717) is 36.7 Å². The Morgan fingerprint density at radius 1 is 0.946 bits per heavy atom. The highest BCUT2D eigenvalue weighted by Crippen LogP contribution is 2.32. The molecule has 200 valence electrons. The van der Waals surface area contributed by atoms with Crippen LogP contribution in [-0.2, 0) is 4.79 Å². The van der Waals surface area contributed by atoms with Crippen LogP contribution in [0.5, 0.6) is 5.75 Å². The number of hydrogen-bond acceptors (Lipinski definition) is 5. The maximum absolute atomic E-state index is 13.5. The maximum Gasteiger partial charge on any atom is 0.256 e. The summed E-state index contributed by atoms with van der Waals surface area (Å²) in [5.74, 6) is 1.60. The van der Waals surface area contributed by atoms with Crippen molar-refractivity contribution in [2.24, 2.45) is 5.92 Å². The Morgan fingerprint density at radius 3 is 2.24 bits per heavy atom. The lowest BCUT2D eigenvalue weighted by molar-refractivity contribution is -0.116. The number of para-hydroxylation sites is 2. The summed E-state index contributed by atoms with van der Waals surface area (Å²) in [6, 6.07) is 13.9. The number of hydrogen-bond donors (Lipinski definition) is 1. The lowest BCUT2D eigenvalue weighted by Gasteiger charge is -2.38. The van der Waals surface area contributed by atoms with Crippen molar-refractivity contribution >= 4 is 28.9 Å². The van der Waals surface area contributed by atoms with Crippen LogP contribution in [0.4, 0.5) is 17.1 Å². The van der Waals surface area contributed by atoms with Crippen LogP contribution >= 0.6 is 0 Å². The van der Waals surface area contributed by atoms with Crippen molar-refractivity contribution in [3.8, 4) is 5.75 Å². The largest absolute Gasteiger partial charge is 0.495 e. The van der Waals surface area contributed by atoms with Gasteiger partial charge in [0.15, 0.2) is 0 Å². The molecular weight excluding hydrogens is 464 g/mol. The van der Waals surface area contributed by atoms with Gasteiger partial charge in [-0.25, -0.2) is 0 Å². The molecule has 2 aromatic carbocycles. The van der Waals surface area contributed by atoms with E-state index < -0.39 is 0 Å². The fourth-order valence-electron chi connectivity index (χ4n) is 5.68. The molecule has 7 nitrogen and oxygen atoms in total. The number of methoxy groups -OCH3 is 1. The predicted octanol–water partition coefficient (Wildman–Crippen LogP) is 5.41. The minimum atomic E-state index is 0.00853. The van der Waals surface area contributed by atoms with Gasteiger partial charge >= 0.3 is 0 Å². The molecular formula is C30H42N4O3. The SMILES string of the molecule is CCN(CC)C(=O)c1cc(NC(=O)CCC2CCCC2)ccc1N1CCN(c2ccccc2OC)CC1. The van der Waals surface area contributed by atoms with E-state index in [1.165, 1.54) is 25.7 Å². The van der Waals surface area contributed by atoms with E-state index in [9.17, 15) is 9.59 Å². The molecule has 37 heavy (non-hydrogen) atoms. The number of amides is 2. The first-order chi connectivity index (χ1) is 18.0. The quantitative estimate of drug-likeness (QED) is 0.467. The van der Waals surface area contributed by atoms with Crippen molar-refractivity contribution in [2.75, 3.05) is 61.5 Å². The molecule has 2 aromatic rings. The highest BCUT2D eigenvalue weighted by Gasteiger charge is 2.25. The maximum atomic E-state index is 13.5. The predicted molar refractivity (Wildman–Crippen MR) is 151 cm³/mol. The monoisotopic (exact) mass is 506 g/mol. The zero-order valence-corrected chi connectivity index (χ0v) is 22.7. The minimum Gasteiger partial charge on any atom is -0.495 e. The van der Waals surface area contributed by atoms with Crippen LogP contribution in [-0.4, -0.2) is 63.1 Å². The van der Waals surface area contributed by atoms with Crippen molar-refractivity contribution in [1.29, 1.82) is 0 Å². The number of benzene rings is 2. The molecule has 0 atom stereocenters. The summed E-state index contributed by atoms with van der Waals surface area (Å²) in [5, 5.41) is 3.06. The summed E-state index contributed by atoms with van der Waals surface area (Å²) in [7, 11) is 1.70. The van der Waals surface area contributed by atoms with Crippen LogP contribution in [0.3, 0.4) is 0 Å². The van der Waals surface area contributed by atoms with Gasteiger partial charge in [-0.1, -0.05) is 37.8 Å². The summed E-state index contributed by atoms with van der Waals surface area (Å²) in [6.45, 7) is 8.55. The number of rotatable bonds is 10. The van der Waals surface area contributed by atoms with E-state index in [-0.39, 0.29) is 11.8 Å². The van der Waals surface area contributed by atoms with Gasteiger partial charge in [0.2, 0.25) is 5.91 Å². The first-order valence-corrected chi connectivity index (χ1v) is 13.9. The fraction of sp³-hybridized carbons (Fsp3) is 0.533. The molecule has 0 spiro atoms. The fourth-order valence-corrected chi connectivity index (χ4v) is 5.68. The second-order valence-electron chi connectivity index (χ2n) is 10.1. The Bertz CT molecular complexity index is 1050. The second kappa shape index (κ2) is 12.8. The summed E-state index contributed by atoms with van der Waals surface area (Å²) in [5.41, 5.74) is 3.38. The molecule has 4 rings (SSSR count). The van der Waals surface area contributed by atoms with Crippen LogP contribution in [0.25, 0.3) is 0 Å². The summed E-state index contributed by atoms with van der Waals surface area (Å²) in [4.78, 5) is 32.7. The van der Waals surface area contributed by atoms with Gasteiger partial charge in [0.25, 0.3) is 5.91 Å². The number of carbonyl (C=O) groups excluding carboxylic acids is 2. The van der Waals surface area contributed by atoms with Gasteiger partial charge in [0.05, 0.1) is 18.4 Å². The molecule has 1 heterocycles. The van der Waals surface area contributed by atoms with E-state index in [1.54, 1.807) is 7.11 Å². The molecule has 1 aliphatic carbocycles. The third-order valence-electron chi connectivity index (χ3n) is 7.86. The van der Waals surface area contributed by atoms with E-state index >= 15 is 0 Å². The van der Waals surface area contributed by atoms with Crippen LogP contribution in [0.15, 0.2) is 42.5 Å². The number of nitrogens with zero attached hydrogens (tertiary/aromatic N) is 3. The van der Waals surface area contributed by atoms with E-state index in [4.69, 9.17) is 4.74 Å². The average molecular weight is 507 g/mol. The number of ether oxygens (including phenoxy) is 1. The first-order valence-electron chi connectivity index (χ1n) is 13.9. The molecule has 1 saturated heterocycles. The molecule has 2 aliphatic rings. The Morgan fingerprint density at radius 2 is 1.59 bits per heavy atom. The molecule has 1 saturated carbocycles. The second-order valence-corrected chi connectivity index (χ2v) is 10.1. The molecule has 0 radical (unpaired) electrons. The number of anilines is 3. The topological polar surface area (TPSA) is 65.1 Å². The Balaban J connectivity index is 1.49. The van der Waals surface area contributed by atoms with Crippen molar-refractivity contribution in [3.63, 3.8) is 0 Å². The van der Waals surface area contributed by atoms with Crippen molar-refractivity contribution < 1.29 is 14.3 Å². The molecule has 2 fully saturated rings. The smallest absolute Gasteiger partial charge is 0.256 e. The molecule has 0 bridgehead atoms. The van der Waals surface area contributed by atoms with Gasteiger partial charge in [-0.3, -0.25) is 9.59 Å². The van der Waals surface area contributed by atoms with Gasteiger partial charge < -0.3 is 24.8 Å². The molecule has 1 aliphatic heterocycles. The highest BCUT2D eigenvalue weighted by atomic mass is 16.5. The standard InChI is InChI=1S/C30H42N4O3/c1-4-32(5-2)30(36)25-22-24(31-29(35)17-14-23-10-6-7-11-23)15-16-26(25)33-18-20-34(21-19-33)27-12-8-9-13-28(27)37-3/h8-9,12-13,15-16,22-23H,4-7,10-11,14,17-21H2,1-3H3,(H,31,35). The van der Waals surface area contributed by atoms with Crippen molar-refractivity contribution in [1.82, 2.24) is 4.90 Å². The van der Waals surface area contributed by atoms with Gasteiger partial charge in [-0.05, 0) is 56.5 Å². The normalized spacial score (nSPS) is 16.1. The third kappa shape index (κ3) is 6.56. The highest BCUT2D eigenvalue weighted by molar-refractivity contribution is 6.02. The first kappa shape index (κ1) is 26.8. The van der Waals surface area contributed by atoms with Crippen molar-refractivity contribution in [2.45, 2.75) is 52.4 Å². The number of carbonyl (C=O) groups is 2. The van der Waals surface area contributed by atoms with Crippen LogP contribution in [0.2, 0.25) is 0 Å². The lowest BCUT2D eigenvalue weighted by Crippen LogP contribution is -2.47. The summed E-state index contributed by atoms with van der Waals surface area (Å²) in [6.07, 6.45) is 6.56. The third-order valence-corrected chi connectivity index (χ3v) is 7.86. The van der Waals surface area contributed by atoms with E-state index in [0.717, 1.165) is 49.7 Å². The summed E-state index contributed by atoms with van der Waals surface area (Å²) >= 11 is 0. The van der Waals surface area contributed by atoms with E-state index in [2.05, 4.69) is 21.2 Å². The molecule has 7 heteroatoms. The zero-order valence-electron chi connectivity index (χ0n) is 22.7. The van der Waals surface area contributed by atoms with Gasteiger partial charge in [0, 0.05) is 57.1 Å². The van der Waals surface area contributed by atoms with Crippen molar-refractivity contribution in [3.05, 3.63) is 48.0 Å². The van der Waals surface area contributed by atoms with Crippen LogP contribution in [0, 0.1) is 5.92 Å².